The molecule has 0 aliphatic carbocycles. The number of ketones is 1. The average molecular weight is 267 g/mol. The number of carbonyl (C=O) groups is 1. The summed E-state index contributed by atoms with van der Waals surface area (Å²) < 4.78 is 0. The molecule has 2 aromatic carbocycles. The van der Waals surface area contributed by atoms with Crippen LogP contribution in [0.2, 0.25) is 0 Å². The maximum atomic E-state index is 12.1. The lowest BCUT2D eigenvalue weighted by Gasteiger charge is -2.19. The summed E-state index contributed by atoms with van der Waals surface area (Å²) in [6.07, 6.45) is 0.535. The van der Waals surface area contributed by atoms with Gasteiger partial charge in [-0.3, -0.25) is 4.79 Å². The molecule has 0 bridgehead atoms. The highest BCUT2D eigenvalue weighted by atomic mass is 16.1. The summed E-state index contributed by atoms with van der Waals surface area (Å²) in [6, 6.07) is 16.1. The molecule has 104 valence electrons. The third-order valence-corrected chi connectivity index (χ3v) is 3.52. The number of nitrogens with zero attached hydrogens (tertiary/aromatic N) is 1. The van der Waals surface area contributed by atoms with E-state index in [0.29, 0.717) is 6.42 Å². The Morgan fingerprint density at radius 1 is 0.900 bits per heavy atom. The zero-order valence-corrected chi connectivity index (χ0v) is 12.4. The molecule has 20 heavy (non-hydrogen) atoms. The van der Waals surface area contributed by atoms with Crippen LogP contribution in [0.3, 0.4) is 0 Å². The van der Waals surface area contributed by atoms with Crippen LogP contribution < -0.4 is 4.90 Å². The van der Waals surface area contributed by atoms with Gasteiger partial charge in [0.1, 0.15) is 0 Å². The van der Waals surface area contributed by atoms with Crippen LogP contribution in [0, 0.1) is 13.8 Å². The summed E-state index contributed by atoms with van der Waals surface area (Å²) in [5.74, 6) is 0.198. The number of anilines is 1. The SMILES string of the molecule is Cc1ccc(C(=O)CCN(C)c2ccc(C)cc2)cc1. The van der Waals surface area contributed by atoms with Gasteiger partial charge in [0.15, 0.2) is 5.78 Å². The van der Waals surface area contributed by atoms with E-state index in [0.717, 1.165) is 17.8 Å². The van der Waals surface area contributed by atoms with Crippen LogP contribution in [0.1, 0.15) is 27.9 Å². The van der Waals surface area contributed by atoms with Crippen molar-refractivity contribution in [2.45, 2.75) is 20.3 Å². The summed E-state index contributed by atoms with van der Waals surface area (Å²) in [6.45, 7) is 4.83. The van der Waals surface area contributed by atoms with Crippen molar-refractivity contribution in [3.8, 4) is 0 Å². The smallest absolute Gasteiger partial charge is 0.164 e. The Balaban J connectivity index is 1.92. The predicted octanol–water partition coefficient (Wildman–Crippen LogP) is 4.01. The standard InChI is InChI=1S/C18H21NO/c1-14-4-8-16(9-5-14)18(20)12-13-19(3)17-10-6-15(2)7-11-17/h4-11H,12-13H2,1-3H3. The van der Waals surface area contributed by atoms with E-state index in [1.54, 1.807) is 0 Å². The molecule has 2 rings (SSSR count). The quantitative estimate of drug-likeness (QED) is 0.763. The minimum Gasteiger partial charge on any atom is -0.374 e. The van der Waals surface area contributed by atoms with Gasteiger partial charge in [0.2, 0.25) is 0 Å². The topological polar surface area (TPSA) is 20.3 Å². The third-order valence-electron chi connectivity index (χ3n) is 3.52. The number of carbonyl (C=O) groups excluding carboxylic acids is 1. The number of hydrogen-bond donors (Lipinski definition) is 0. The zero-order valence-electron chi connectivity index (χ0n) is 12.4. The van der Waals surface area contributed by atoms with Crippen LogP contribution in [0.25, 0.3) is 0 Å². The monoisotopic (exact) mass is 267 g/mol. The maximum Gasteiger partial charge on any atom is 0.164 e. The largest absolute Gasteiger partial charge is 0.374 e. The highest BCUT2D eigenvalue weighted by Gasteiger charge is 2.07. The van der Waals surface area contributed by atoms with Crippen molar-refractivity contribution >= 4 is 11.5 Å². The molecular weight excluding hydrogens is 246 g/mol. The van der Waals surface area contributed by atoms with Gasteiger partial charge in [-0.1, -0.05) is 47.5 Å². The maximum absolute atomic E-state index is 12.1. The molecule has 0 radical (unpaired) electrons. The molecule has 0 saturated heterocycles. The number of benzene rings is 2. The molecule has 0 aliphatic rings. The van der Waals surface area contributed by atoms with Crippen LogP contribution >= 0.6 is 0 Å². The molecule has 2 nitrogen and oxygen atoms in total. The van der Waals surface area contributed by atoms with E-state index >= 15 is 0 Å². The molecule has 2 aromatic rings. The molecule has 0 saturated carbocycles. The second-order valence-electron chi connectivity index (χ2n) is 5.30. The summed E-state index contributed by atoms with van der Waals surface area (Å²) >= 11 is 0. The fourth-order valence-electron chi connectivity index (χ4n) is 2.08. The number of Topliss-reactive ketones (excluding diaryl/α,β-unsaturated/α-hetero) is 1. The van der Waals surface area contributed by atoms with Crippen LogP contribution in [0.15, 0.2) is 48.5 Å². The molecule has 0 heterocycles. The van der Waals surface area contributed by atoms with Gasteiger partial charge in [0.25, 0.3) is 0 Å². The molecule has 0 spiro atoms. The van der Waals surface area contributed by atoms with Gasteiger partial charge in [0, 0.05) is 31.3 Å². The van der Waals surface area contributed by atoms with Crippen LogP contribution in [-0.4, -0.2) is 19.4 Å². The minimum atomic E-state index is 0.198. The van der Waals surface area contributed by atoms with Crippen LogP contribution in [0.5, 0.6) is 0 Å². The summed E-state index contributed by atoms with van der Waals surface area (Å²) in [4.78, 5) is 14.2. The van der Waals surface area contributed by atoms with Crippen molar-refractivity contribution in [2.75, 3.05) is 18.5 Å². The second-order valence-corrected chi connectivity index (χ2v) is 5.30. The van der Waals surface area contributed by atoms with Gasteiger partial charge in [-0.05, 0) is 26.0 Å². The van der Waals surface area contributed by atoms with E-state index in [9.17, 15) is 4.79 Å². The highest BCUT2D eigenvalue weighted by Crippen LogP contribution is 2.14. The first-order valence-corrected chi connectivity index (χ1v) is 6.94. The first kappa shape index (κ1) is 14.3. The Hall–Kier alpha value is -2.09. The van der Waals surface area contributed by atoms with Crippen molar-refractivity contribution in [1.29, 1.82) is 0 Å². The second kappa shape index (κ2) is 6.38. The number of aryl methyl sites for hydroxylation is 2. The Morgan fingerprint density at radius 2 is 1.40 bits per heavy atom. The lowest BCUT2D eigenvalue weighted by molar-refractivity contribution is 0.0985. The fourth-order valence-corrected chi connectivity index (χ4v) is 2.08. The van der Waals surface area contributed by atoms with Crippen molar-refractivity contribution in [2.24, 2.45) is 0 Å². The van der Waals surface area contributed by atoms with Gasteiger partial charge < -0.3 is 4.90 Å². The van der Waals surface area contributed by atoms with Crippen LogP contribution in [0.4, 0.5) is 5.69 Å². The Bertz CT molecular complexity index is 569. The molecule has 0 amide bonds. The van der Waals surface area contributed by atoms with Crippen LogP contribution in [-0.2, 0) is 0 Å². The summed E-state index contributed by atoms with van der Waals surface area (Å²) in [5.41, 5.74) is 4.37. The zero-order chi connectivity index (χ0) is 14.5. The Kier molecular flexibility index (Phi) is 4.57. The van der Waals surface area contributed by atoms with Crippen molar-refractivity contribution in [1.82, 2.24) is 0 Å². The van der Waals surface area contributed by atoms with E-state index in [4.69, 9.17) is 0 Å². The molecule has 2 heteroatoms. The van der Waals surface area contributed by atoms with Gasteiger partial charge >= 0.3 is 0 Å². The van der Waals surface area contributed by atoms with E-state index < -0.39 is 0 Å². The lowest BCUT2D eigenvalue weighted by atomic mass is 10.1. The van der Waals surface area contributed by atoms with Gasteiger partial charge in [-0.2, -0.15) is 0 Å². The molecule has 0 atom stereocenters. The minimum absolute atomic E-state index is 0.198. The molecule has 0 unspecified atom stereocenters. The fraction of sp³-hybridized carbons (Fsp3) is 0.278. The summed E-state index contributed by atoms with van der Waals surface area (Å²) in [7, 11) is 2.02. The van der Waals surface area contributed by atoms with Crippen molar-refractivity contribution in [3.63, 3.8) is 0 Å². The van der Waals surface area contributed by atoms with Gasteiger partial charge in [-0.25, -0.2) is 0 Å². The number of rotatable bonds is 5. The van der Waals surface area contributed by atoms with E-state index in [2.05, 4.69) is 36.1 Å². The van der Waals surface area contributed by atoms with Crippen molar-refractivity contribution in [3.05, 3.63) is 65.2 Å². The van der Waals surface area contributed by atoms with E-state index in [1.165, 1.54) is 11.1 Å². The molecule has 0 fully saturated rings. The highest BCUT2D eigenvalue weighted by molar-refractivity contribution is 5.96. The molecular formula is C18H21NO. The number of hydrogen-bond acceptors (Lipinski definition) is 2. The third kappa shape index (κ3) is 3.70. The predicted molar refractivity (Wildman–Crippen MR) is 84.6 cm³/mol. The molecule has 0 aromatic heterocycles. The first-order valence-electron chi connectivity index (χ1n) is 6.94. The normalized spacial score (nSPS) is 10.3. The first-order chi connectivity index (χ1) is 9.56. The van der Waals surface area contributed by atoms with E-state index in [-0.39, 0.29) is 5.78 Å². The molecule has 0 N–H and O–H groups in total. The summed E-state index contributed by atoms with van der Waals surface area (Å²) in [5, 5.41) is 0. The van der Waals surface area contributed by atoms with Crippen molar-refractivity contribution < 1.29 is 4.79 Å². The Morgan fingerprint density at radius 3 is 1.95 bits per heavy atom. The molecule has 0 aliphatic heterocycles. The lowest BCUT2D eigenvalue weighted by Crippen LogP contribution is -2.21. The average Bonchev–Trinajstić information content (AvgIpc) is 2.46. The Labute approximate surface area is 121 Å². The van der Waals surface area contributed by atoms with Gasteiger partial charge in [-0.15, -0.1) is 0 Å². The van der Waals surface area contributed by atoms with E-state index in [1.807, 2.05) is 38.2 Å². The van der Waals surface area contributed by atoms with Gasteiger partial charge in [0.05, 0.1) is 0 Å².